The quantitative estimate of drug-likeness (QED) is 0.832. The molecule has 23 heavy (non-hydrogen) atoms. The van der Waals surface area contributed by atoms with E-state index in [1.54, 1.807) is 0 Å². The van der Waals surface area contributed by atoms with E-state index in [0.717, 1.165) is 19.3 Å². The number of benzene rings is 2. The minimum atomic E-state index is -0.159. The van der Waals surface area contributed by atoms with Crippen LogP contribution in [0.15, 0.2) is 48.5 Å². The van der Waals surface area contributed by atoms with E-state index in [2.05, 4.69) is 74.4 Å². The molecule has 0 spiro atoms. The molecule has 1 fully saturated rings. The largest absolute Gasteiger partial charge is 0.378 e. The average Bonchev–Trinajstić information content (AvgIpc) is 2.55. The molecule has 1 aliphatic carbocycles. The maximum Gasteiger partial charge on any atom is 0.134 e. The summed E-state index contributed by atoms with van der Waals surface area (Å²) < 4.78 is 0. The Bertz CT molecular complexity index is 685. The summed E-state index contributed by atoms with van der Waals surface area (Å²) in [5.41, 5.74) is 4.83. The number of hydrogen-bond acceptors (Lipinski definition) is 2. The number of carbonyl (C=O) groups is 1. The number of carbonyl (C=O) groups excluding carboxylic acids is 1. The molecule has 0 N–H and O–H groups in total. The third kappa shape index (κ3) is 3.03. The van der Waals surface area contributed by atoms with Crippen molar-refractivity contribution in [3.05, 3.63) is 65.2 Å². The van der Waals surface area contributed by atoms with Gasteiger partial charge in [0.1, 0.15) is 5.78 Å². The number of anilines is 1. The second kappa shape index (κ2) is 6.19. The van der Waals surface area contributed by atoms with Gasteiger partial charge in [-0.15, -0.1) is 0 Å². The molecule has 0 amide bonds. The van der Waals surface area contributed by atoms with Crippen molar-refractivity contribution in [2.75, 3.05) is 19.0 Å². The van der Waals surface area contributed by atoms with Gasteiger partial charge in [0.2, 0.25) is 0 Å². The number of nitrogens with zero attached hydrogens (tertiary/aromatic N) is 1. The molecule has 1 aliphatic rings. The molecule has 0 radical (unpaired) electrons. The fraction of sp³-hybridized carbons (Fsp3) is 0.381. The van der Waals surface area contributed by atoms with Gasteiger partial charge in [0.25, 0.3) is 0 Å². The molecule has 2 aromatic rings. The Morgan fingerprint density at radius 2 is 1.48 bits per heavy atom. The first-order valence-electron chi connectivity index (χ1n) is 8.38. The first-order chi connectivity index (χ1) is 11.0. The van der Waals surface area contributed by atoms with Crippen molar-refractivity contribution in [2.24, 2.45) is 0 Å². The van der Waals surface area contributed by atoms with Gasteiger partial charge < -0.3 is 4.90 Å². The van der Waals surface area contributed by atoms with E-state index < -0.39 is 0 Å². The third-order valence-corrected chi connectivity index (χ3v) is 5.10. The zero-order valence-corrected chi connectivity index (χ0v) is 14.3. The van der Waals surface area contributed by atoms with Crippen LogP contribution in [0.2, 0.25) is 0 Å². The predicted octanol–water partition coefficient (Wildman–Crippen LogP) is 4.49. The molecule has 2 aromatic carbocycles. The molecule has 0 aromatic heterocycles. The fourth-order valence-corrected chi connectivity index (χ4v) is 3.71. The van der Waals surface area contributed by atoms with Crippen LogP contribution in [-0.2, 0) is 10.2 Å². The van der Waals surface area contributed by atoms with Crippen molar-refractivity contribution < 1.29 is 4.79 Å². The number of hydrogen-bond donors (Lipinski definition) is 0. The Kier molecular flexibility index (Phi) is 4.25. The van der Waals surface area contributed by atoms with Crippen molar-refractivity contribution in [1.82, 2.24) is 0 Å². The smallest absolute Gasteiger partial charge is 0.134 e. The summed E-state index contributed by atoms with van der Waals surface area (Å²) in [5, 5.41) is 0. The SMILES string of the molecule is Cc1ccc([C@]2(c3ccc(N(C)C)cc3)CCCC(=O)C2)cc1. The molecule has 3 rings (SSSR count). The average molecular weight is 307 g/mol. The standard InChI is InChI=1S/C21H25NO/c1-16-6-8-17(9-7-16)21(14-4-5-20(23)15-21)18-10-12-19(13-11-18)22(2)3/h6-13H,4-5,14-15H2,1-3H3/t21-/m0/s1. The monoisotopic (exact) mass is 307 g/mol. The van der Waals surface area contributed by atoms with E-state index >= 15 is 0 Å². The lowest BCUT2D eigenvalue weighted by molar-refractivity contribution is -0.121. The minimum absolute atomic E-state index is 0.159. The van der Waals surface area contributed by atoms with Gasteiger partial charge in [-0.2, -0.15) is 0 Å². The zero-order chi connectivity index (χ0) is 16.4. The highest BCUT2D eigenvalue weighted by molar-refractivity contribution is 5.82. The Hall–Kier alpha value is -2.09. The van der Waals surface area contributed by atoms with Crippen LogP contribution in [0.4, 0.5) is 5.69 Å². The summed E-state index contributed by atoms with van der Waals surface area (Å²) in [5.74, 6) is 0.383. The summed E-state index contributed by atoms with van der Waals surface area (Å²) >= 11 is 0. The second-order valence-electron chi connectivity index (χ2n) is 6.96. The van der Waals surface area contributed by atoms with Crippen LogP contribution in [-0.4, -0.2) is 19.9 Å². The first kappa shape index (κ1) is 15.8. The molecular formula is C21H25NO. The van der Waals surface area contributed by atoms with Gasteiger partial charge >= 0.3 is 0 Å². The van der Waals surface area contributed by atoms with E-state index in [9.17, 15) is 4.79 Å². The topological polar surface area (TPSA) is 20.3 Å². The second-order valence-corrected chi connectivity index (χ2v) is 6.96. The van der Waals surface area contributed by atoms with Gasteiger partial charge in [0, 0.05) is 38.0 Å². The molecular weight excluding hydrogens is 282 g/mol. The predicted molar refractivity (Wildman–Crippen MR) is 96.2 cm³/mol. The van der Waals surface area contributed by atoms with Crippen LogP contribution in [0.1, 0.15) is 42.4 Å². The molecule has 0 saturated heterocycles. The van der Waals surface area contributed by atoms with Crippen LogP contribution in [0.5, 0.6) is 0 Å². The van der Waals surface area contributed by atoms with Crippen molar-refractivity contribution in [3.63, 3.8) is 0 Å². The van der Waals surface area contributed by atoms with Crippen molar-refractivity contribution >= 4 is 11.5 Å². The summed E-state index contributed by atoms with van der Waals surface area (Å²) in [4.78, 5) is 14.4. The number of ketones is 1. The lowest BCUT2D eigenvalue weighted by atomic mass is 9.65. The summed E-state index contributed by atoms with van der Waals surface area (Å²) in [6, 6.07) is 17.4. The summed E-state index contributed by atoms with van der Waals surface area (Å²) in [7, 11) is 4.10. The lowest BCUT2D eigenvalue weighted by Crippen LogP contribution is -2.34. The van der Waals surface area contributed by atoms with E-state index in [1.807, 2.05) is 0 Å². The van der Waals surface area contributed by atoms with Gasteiger partial charge in [0.05, 0.1) is 0 Å². The van der Waals surface area contributed by atoms with Gasteiger partial charge in [-0.1, -0.05) is 42.0 Å². The molecule has 0 unspecified atom stereocenters. The first-order valence-corrected chi connectivity index (χ1v) is 8.38. The number of aryl methyl sites for hydroxylation is 1. The zero-order valence-electron chi connectivity index (χ0n) is 14.3. The van der Waals surface area contributed by atoms with Crippen LogP contribution in [0.25, 0.3) is 0 Å². The molecule has 1 saturated carbocycles. The van der Waals surface area contributed by atoms with E-state index in [4.69, 9.17) is 0 Å². The number of Topliss-reactive ketones (excluding diaryl/α,β-unsaturated/α-hetero) is 1. The van der Waals surface area contributed by atoms with Crippen LogP contribution in [0, 0.1) is 6.92 Å². The highest BCUT2D eigenvalue weighted by atomic mass is 16.1. The van der Waals surface area contributed by atoms with Crippen LogP contribution in [0.3, 0.4) is 0 Å². The molecule has 120 valence electrons. The van der Waals surface area contributed by atoms with E-state index in [-0.39, 0.29) is 5.41 Å². The molecule has 2 nitrogen and oxygen atoms in total. The highest BCUT2D eigenvalue weighted by Gasteiger charge is 2.38. The molecule has 1 atom stereocenters. The molecule has 2 heteroatoms. The Morgan fingerprint density at radius 1 is 0.913 bits per heavy atom. The van der Waals surface area contributed by atoms with Gasteiger partial charge in [-0.25, -0.2) is 0 Å². The Balaban J connectivity index is 2.08. The maximum atomic E-state index is 12.3. The molecule has 0 bridgehead atoms. The fourth-order valence-electron chi connectivity index (χ4n) is 3.71. The van der Waals surface area contributed by atoms with Crippen molar-refractivity contribution in [1.29, 1.82) is 0 Å². The van der Waals surface area contributed by atoms with Gasteiger partial charge in [0.15, 0.2) is 0 Å². The van der Waals surface area contributed by atoms with Gasteiger partial charge in [-0.05, 0) is 43.0 Å². The molecule has 0 heterocycles. The normalized spacial score (nSPS) is 21.3. The summed E-state index contributed by atoms with van der Waals surface area (Å²) in [6.45, 7) is 2.11. The Morgan fingerprint density at radius 3 is 2.00 bits per heavy atom. The van der Waals surface area contributed by atoms with E-state index in [0.29, 0.717) is 12.2 Å². The lowest BCUT2D eigenvalue weighted by Gasteiger charge is -2.38. The highest BCUT2D eigenvalue weighted by Crippen LogP contribution is 2.44. The Labute approximate surface area is 139 Å². The van der Waals surface area contributed by atoms with Crippen molar-refractivity contribution in [2.45, 2.75) is 38.0 Å². The van der Waals surface area contributed by atoms with Crippen LogP contribution < -0.4 is 4.90 Å². The third-order valence-electron chi connectivity index (χ3n) is 5.10. The van der Waals surface area contributed by atoms with Crippen LogP contribution >= 0.6 is 0 Å². The molecule has 0 aliphatic heterocycles. The van der Waals surface area contributed by atoms with E-state index in [1.165, 1.54) is 22.4 Å². The summed E-state index contributed by atoms with van der Waals surface area (Å²) in [6.07, 6.45) is 3.37. The minimum Gasteiger partial charge on any atom is -0.378 e. The van der Waals surface area contributed by atoms with Gasteiger partial charge in [-0.3, -0.25) is 4.79 Å². The number of rotatable bonds is 3. The van der Waals surface area contributed by atoms with Crippen molar-refractivity contribution in [3.8, 4) is 0 Å². The maximum absolute atomic E-state index is 12.3.